The van der Waals surface area contributed by atoms with E-state index in [-0.39, 0.29) is 24.1 Å². The molecule has 0 fully saturated rings. The molecule has 0 atom stereocenters. The number of carbonyl (C=O) groups excluding carboxylic acids is 1. The third-order valence-electron chi connectivity index (χ3n) is 2.81. The van der Waals surface area contributed by atoms with E-state index < -0.39 is 6.61 Å². The molecule has 0 aliphatic rings. The van der Waals surface area contributed by atoms with Crippen LogP contribution in [0.1, 0.15) is 18.4 Å². The first-order valence-electron chi connectivity index (χ1n) is 6.45. The molecule has 0 saturated carbocycles. The van der Waals surface area contributed by atoms with Gasteiger partial charge in [-0.15, -0.1) is 12.4 Å². The summed E-state index contributed by atoms with van der Waals surface area (Å²) < 4.78 is 28.3. The molecular weight excluding hydrogens is 302 g/mol. The minimum Gasteiger partial charge on any atom is -0.435 e. The van der Waals surface area contributed by atoms with Gasteiger partial charge in [-0.1, -0.05) is 12.1 Å². The highest BCUT2D eigenvalue weighted by Crippen LogP contribution is 2.16. The van der Waals surface area contributed by atoms with Crippen LogP contribution in [0.4, 0.5) is 8.78 Å². The van der Waals surface area contributed by atoms with Gasteiger partial charge in [0.15, 0.2) is 0 Å². The molecule has 0 unspecified atom stereocenters. The van der Waals surface area contributed by atoms with Crippen LogP contribution in [0.2, 0.25) is 0 Å². The second kappa shape index (κ2) is 10.3. The first-order chi connectivity index (χ1) is 9.52. The van der Waals surface area contributed by atoms with Gasteiger partial charge < -0.3 is 15.0 Å². The van der Waals surface area contributed by atoms with E-state index in [4.69, 9.17) is 0 Å². The molecule has 0 aliphatic carbocycles. The van der Waals surface area contributed by atoms with Gasteiger partial charge in [-0.25, -0.2) is 0 Å². The Morgan fingerprint density at radius 1 is 1.33 bits per heavy atom. The average molecular weight is 323 g/mol. The van der Waals surface area contributed by atoms with Gasteiger partial charge in [0.05, 0.1) is 0 Å². The predicted molar refractivity (Wildman–Crippen MR) is 80.0 cm³/mol. The minimum absolute atomic E-state index is 0. The molecular formula is C14H21ClF2N2O2. The van der Waals surface area contributed by atoms with E-state index in [9.17, 15) is 13.6 Å². The molecule has 4 nitrogen and oxygen atoms in total. The largest absolute Gasteiger partial charge is 0.435 e. The number of hydrogen-bond donors (Lipinski definition) is 1. The number of carbonyl (C=O) groups is 1. The monoisotopic (exact) mass is 322 g/mol. The Hall–Kier alpha value is -1.40. The fraction of sp³-hybridized carbons (Fsp3) is 0.500. The van der Waals surface area contributed by atoms with Crippen molar-refractivity contribution in [3.05, 3.63) is 29.8 Å². The van der Waals surface area contributed by atoms with Crippen LogP contribution in [0.15, 0.2) is 24.3 Å². The molecule has 0 spiro atoms. The van der Waals surface area contributed by atoms with Crippen molar-refractivity contribution in [1.29, 1.82) is 0 Å². The lowest BCUT2D eigenvalue weighted by Crippen LogP contribution is -2.26. The maximum absolute atomic E-state index is 12.0. The Bertz CT molecular complexity index is 416. The SMILES string of the molecule is CNCCCC(=O)N(C)Cc1ccc(OC(F)F)cc1.Cl. The summed E-state index contributed by atoms with van der Waals surface area (Å²) in [4.78, 5) is 13.4. The number of nitrogens with zero attached hydrogens (tertiary/aromatic N) is 1. The Kier molecular flexibility index (Phi) is 9.65. The van der Waals surface area contributed by atoms with Crippen molar-refractivity contribution in [2.45, 2.75) is 26.0 Å². The maximum atomic E-state index is 12.0. The van der Waals surface area contributed by atoms with E-state index in [0.717, 1.165) is 18.5 Å². The van der Waals surface area contributed by atoms with Crippen LogP contribution in [0, 0.1) is 0 Å². The molecule has 1 N–H and O–H groups in total. The number of halogens is 3. The lowest BCUT2D eigenvalue weighted by Gasteiger charge is -2.17. The third-order valence-corrected chi connectivity index (χ3v) is 2.81. The highest BCUT2D eigenvalue weighted by molar-refractivity contribution is 5.85. The Labute approximate surface area is 129 Å². The van der Waals surface area contributed by atoms with Crippen LogP contribution in [0.25, 0.3) is 0 Å². The zero-order valence-corrected chi connectivity index (χ0v) is 13.0. The Balaban J connectivity index is 0.00000400. The second-order valence-corrected chi connectivity index (χ2v) is 4.48. The fourth-order valence-corrected chi connectivity index (χ4v) is 1.75. The first-order valence-corrected chi connectivity index (χ1v) is 6.45. The third kappa shape index (κ3) is 7.82. The lowest BCUT2D eigenvalue weighted by atomic mass is 10.2. The molecule has 1 amide bonds. The smallest absolute Gasteiger partial charge is 0.387 e. The topological polar surface area (TPSA) is 41.6 Å². The number of amides is 1. The quantitative estimate of drug-likeness (QED) is 0.748. The van der Waals surface area contributed by atoms with E-state index in [1.807, 2.05) is 7.05 Å². The molecule has 1 aromatic rings. The predicted octanol–water partition coefficient (Wildman–Crippen LogP) is 2.67. The molecule has 0 heterocycles. The van der Waals surface area contributed by atoms with E-state index >= 15 is 0 Å². The Morgan fingerprint density at radius 2 is 1.95 bits per heavy atom. The summed E-state index contributed by atoms with van der Waals surface area (Å²) in [5.74, 6) is 0.180. The van der Waals surface area contributed by atoms with Gasteiger partial charge in [-0.3, -0.25) is 4.79 Å². The van der Waals surface area contributed by atoms with Crippen molar-refractivity contribution in [3.8, 4) is 5.75 Å². The van der Waals surface area contributed by atoms with Gasteiger partial charge in [0, 0.05) is 20.0 Å². The van der Waals surface area contributed by atoms with Gasteiger partial charge in [0.2, 0.25) is 5.91 Å². The number of hydrogen-bond acceptors (Lipinski definition) is 3. The van der Waals surface area contributed by atoms with E-state index in [2.05, 4.69) is 10.1 Å². The average Bonchev–Trinajstić information content (AvgIpc) is 2.40. The molecule has 0 radical (unpaired) electrons. The van der Waals surface area contributed by atoms with Crippen molar-refractivity contribution in [2.24, 2.45) is 0 Å². The van der Waals surface area contributed by atoms with Crippen LogP contribution in [-0.2, 0) is 11.3 Å². The number of benzene rings is 1. The van der Waals surface area contributed by atoms with E-state index in [0.29, 0.717) is 13.0 Å². The van der Waals surface area contributed by atoms with Gasteiger partial charge >= 0.3 is 6.61 Å². The summed E-state index contributed by atoms with van der Waals surface area (Å²) in [6.07, 6.45) is 1.28. The van der Waals surface area contributed by atoms with Gasteiger partial charge in [0.25, 0.3) is 0 Å². The molecule has 7 heteroatoms. The van der Waals surface area contributed by atoms with Gasteiger partial charge in [0.1, 0.15) is 5.75 Å². The van der Waals surface area contributed by atoms with Crippen molar-refractivity contribution < 1.29 is 18.3 Å². The summed E-state index contributed by atoms with van der Waals surface area (Å²) >= 11 is 0. The summed E-state index contributed by atoms with van der Waals surface area (Å²) in [6.45, 7) is -1.57. The van der Waals surface area contributed by atoms with Crippen LogP contribution in [-0.4, -0.2) is 38.1 Å². The molecule has 120 valence electrons. The van der Waals surface area contributed by atoms with Crippen molar-refractivity contribution in [3.63, 3.8) is 0 Å². The first kappa shape index (κ1) is 19.6. The molecule has 1 aromatic carbocycles. The maximum Gasteiger partial charge on any atom is 0.387 e. The highest BCUT2D eigenvalue weighted by atomic mass is 35.5. The zero-order chi connectivity index (χ0) is 15.0. The van der Waals surface area contributed by atoms with Crippen LogP contribution < -0.4 is 10.1 Å². The van der Waals surface area contributed by atoms with Gasteiger partial charge in [-0.2, -0.15) is 8.78 Å². The number of alkyl halides is 2. The summed E-state index contributed by atoms with van der Waals surface area (Å²) in [5, 5.41) is 2.99. The molecule has 0 aliphatic heterocycles. The number of rotatable bonds is 8. The van der Waals surface area contributed by atoms with Crippen molar-refractivity contribution in [1.82, 2.24) is 10.2 Å². The van der Waals surface area contributed by atoms with Crippen molar-refractivity contribution in [2.75, 3.05) is 20.6 Å². The summed E-state index contributed by atoms with van der Waals surface area (Å²) in [5.41, 5.74) is 0.871. The second-order valence-electron chi connectivity index (χ2n) is 4.48. The van der Waals surface area contributed by atoms with E-state index in [1.54, 1.807) is 24.1 Å². The zero-order valence-electron chi connectivity index (χ0n) is 12.1. The van der Waals surface area contributed by atoms with Crippen LogP contribution in [0.3, 0.4) is 0 Å². The molecule has 0 aromatic heterocycles. The highest BCUT2D eigenvalue weighted by Gasteiger charge is 2.09. The summed E-state index contributed by atoms with van der Waals surface area (Å²) in [6, 6.07) is 6.30. The van der Waals surface area contributed by atoms with Crippen LogP contribution >= 0.6 is 12.4 Å². The molecule has 1 rings (SSSR count). The number of nitrogens with one attached hydrogen (secondary N) is 1. The lowest BCUT2D eigenvalue weighted by molar-refractivity contribution is -0.130. The molecule has 0 bridgehead atoms. The minimum atomic E-state index is -2.82. The van der Waals surface area contributed by atoms with E-state index in [1.165, 1.54) is 12.1 Å². The summed E-state index contributed by atoms with van der Waals surface area (Å²) in [7, 11) is 3.57. The fourth-order valence-electron chi connectivity index (χ4n) is 1.75. The number of ether oxygens (including phenoxy) is 1. The normalized spacial score (nSPS) is 10.1. The standard InChI is InChI=1S/C14H20F2N2O2.ClH/c1-17-9-3-4-13(19)18(2)10-11-5-7-12(8-6-11)20-14(15)16;/h5-8,14,17H,3-4,9-10H2,1-2H3;1H. The molecule has 0 saturated heterocycles. The van der Waals surface area contributed by atoms with Crippen molar-refractivity contribution >= 4 is 18.3 Å². The molecule has 21 heavy (non-hydrogen) atoms. The van der Waals surface area contributed by atoms with Crippen LogP contribution in [0.5, 0.6) is 5.75 Å². The Morgan fingerprint density at radius 3 is 2.48 bits per heavy atom. The van der Waals surface area contributed by atoms with Gasteiger partial charge in [-0.05, 0) is 37.7 Å².